The number of carbonyl (C=O) groups is 1. The minimum Gasteiger partial charge on any atom is -0.365 e. The Morgan fingerprint density at radius 2 is 2.12 bits per heavy atom. The van der Waals surface area contributed by atoms with Gasteiger partial charge in [-0.05, 0) is 44.6 Å². The smallest absolute Gasteiger partial charge is 0.267 e. The lowest BCUT2D eigenvalue weighted by Crippen LogP contribution is -2.20. The molecule has 1 aliphatic carbocycles. The summed E-state index contributed by atoms with van der Waals surface area (Å²) in [6, 6.07) is 0. The molecule has 0 saturated carbocycles. The number of hydrogen-bond acceptors (Lipinski definition) is 6. The number of hydrogen-bond donors (Lipinski definition) is 2. The topological polar surface area (TPSA) is 115 Å². The average Bonchev–Trinajstić information content (AvgIpc) is 2.97. The van der Waals surface area contributed by atoms with Gasteiger partial charge in [0.05, 0.1) is 5.56 Å². The van der Waals surface area contributed by atoms with E-state index in [1.165, 1.54) is 18.3 Å². The number of thiophene rings is 1. The second kappa shape index (κ2) is 5.89. The summed E-state index contributed by atoms with van der Waals surface area (Å²) in [6.07, 6.45) is 2.52. The number of rotatable bonds is 4. The van der Waals surface area contributed by atoms with E-state index in [0.717, 1.165) is 29.7 Å². The molecule has 0 bridgehead atoms. The summed E-state index contributed by atoms with van der Waals surface area (Å²) in [5, 5.41) is 3.95. The first kappa shape index (κ1) is 17.0. The third-order valence-corrected chi connectivity index (χ3v) is 7.11. The van der Waals surface area contributed by atoms with Gasteiger partial charge in [0.1, 0.15) is 10.7 Å². The highest BCUT2D eigenvalue weighted by Crippen LogP contribution is 2.40. The SMILES string of the molecule is Cc1noc(C)c1S(=O)(=O)Nc1sc2c(c1C(N)=O)CC[C@@H](C)C2. The molecule has 0 fully saturated rings. The van der Waals surface area contributed by atoms with E-state index in [9.17, 15) is 13.2 Å². The van der Waals surface area contributed by atoms with E-state index in [0.29, 0.717) is 5.92 Å². The van der Waals surface area contributed by atoms with Gasteiger partial charge in [-0.15, -0.1) is 11.3 Å². The average molecular weight is 369 g/mol. The number of primary amides is 1. The van der Waals surface area contributed by atoms with Crippen LogP contribution in [-0.4, -0.2) is 19.5 Å². The van der Waals surface area contributed by atoms with Crippen LogP contribution in [0.25, 0.3) is 0 Å². The van der Waals surface area contributed by atoms with Crippen LogP contribution >= 0.6 is 11.3 Å². The first-order valence-corrected chi connectivity index (χ1v) is 9.90. The summed E-state index contributed by atoms with van der Waals surface area (Å²) in [4.78, 5) is 12.9. The maximum atomic E-state index is 12.7. The third-order valence-electron chi connectivity index (χ3n) is 4.22. The number of aryl methyl sites for hydroxylation is 2. The third kappa shape index (κ3) is 2.82. The lowest BCUT2D eigenvalue weighted by Gasteiger charge is -2.18. The van der Waals surface area contributed by atoms with Crippen LogP contribution in [0.3, 0.4) is 0 Å². The zero-order valence-electron chi connectivity index (χ0n) is 13.7. The Balaban J connectivity index is 2.06. The van der Waals surface area contributed by atoms with Crippen molar-refractivity contribution in [1.29, 1.82) is 0 Å². The standard InChI is InChI=1S/C15H19N3O4S2/c1-7-4-5-10-11(6-7)23-15(12(10)14(16)19)18-24(20,21)13-8(2)17-22-9(13)3/h7,18H,4-6H2,1-3H3,(H2,16,19)/t7-/m1/s1. The van der Waals surface area contributed by atoms with Crippen LogP contribution in [0.4, 0.5) is 5.00 Å². The normalized spacial score (nSPS) is 17.5. The van der Waals surface area contributed by atoms with Gasteiger partial charge in [-0.2, -0.15) is 0 Å². The molecule has 0 aliphatic heterocycles. The van der Waals surface area contributed by atoms with Crippen LogP contribution < -0.4 is 10.5 Å². The van der Waals surface area contributed by atoms with Crippen LogP contribution in [0.1, 0.15) is 45.6 Å². The van der Waals surface area contributed by atoms with Crippen molar-refractivity contribution in [2.45, 2.75) is 44.9 Å². The lowest BCUT2D eigenvalue weighted by molar-refractivity contribution is 0.100. The monoisotopic (exact) mass is 369 g/mol. The Morgan fingerprint density at radius 3 is 2.71 bits per heavy atom. The van der Waals surface area contributed by atoms with Gasteiger partial charge in [0.2, 0.25) is 0 Å². The molecule has 1 amide bonds. The van der Waals surface area contributed by atoms with Crippen LogP contribution in [0.5, 0.6) is 0 Å². The predicted octanol–water partition coefficient (Wildman–Crippen LogP) is 2.38. The molecule has 0 radical (unpaired) electrons. The van der Waals surface area contributed by atoms with Gasteiger partial charge in [0.25, 0.3) is 15.9 Å². The van der Waals surface area contributed by atoms with Crippen molar-refractivity contribution >= 4 is 32.3 Å². The minimum atomic E-state index is -3.90. The number of amides is 1. The Labute approximate surface area is 144 Å². The number of nitrogens with one attached hydrogen (secondary N) is 1. The highest BCUT2D eigenvalue weighted by Gasteiger charge is 2.31. The van der Waals surface area contributed by atoms with Crippen LogP contribution in [-0.2, 0) is 22.9 Å². The van der Waals surface area contributed by atoms with Gasteiger partial charge in [-0.1, -0.05) is 12.1 Å². The molecule has 2 heterocycles. The van der Waals surface area contributed by atoms with Crippen molar-refractivity contribution in [3.05, 3.63) is 27.5 Å². The predicted molar refractivity (Wildman–Crippen MR) is 90.8 cm³/mol. The molecule has 0 saturated heterocycles. The quantitative estimate of drug-likeness (QED) is 0.858. The molecule has 2 aromatic heterocycles. The number of aromatic nitrogens is 1. The number of carbonyl (C=O) groups excluding carboxylic acids is 1. The Morgan fingerprint density at radius 1 is 1.42 bits per heavy atom. The van der Waals surface area contributed by atoms with E-state index in [-0.39, 0.29) is 26.9 Å². The fourth-order valence-electron chi connectivity index (χ4n) is 3.11. The summed E-state index contributed by atoms with van der Waals surface area (Å²) < 4.78 is 32.8. The molecule has 0 unspecified atom stereocenters. The van der Waals surface area contributed by atoms with Gasteiger partial charge in [0.15, 0.2) is 10.7 Å². The lowest BCUT2D eigenvalue weighted by atomic mass is 9.88. The number of nitrogens with two attached hydrogens (primary N) is 1. The van der Waals surface area contributed by atoms with Crippen molar-refractivity contribution in [2.24, 2.45) is 11.7 Å². The Kier molecular flexibility index (Phi) is 4.16. The van der Waals surface area contributed by atoms with E-state index < -0.39 is 15.9 Å². The molecule has 130 valence electrons. The van der Waals surface area contributed by atoms with Crippen molar-refractivity contribution in [1.82, 2.24) is 5.16 Å². The van der Waals surface area contributed by atoms with E-state index >= 15 is 0 Å². The molecule has 1 atom stereocenters. The van der Waals surface area contributed by atoms with E-state index in [4.69, 9.17) is 10.3 Å². The highest BCUT2D eigenvalue weighted by molar-refractivity contribution is 7.93. The molecule has 7 nitrogen and oxygen atoms in total. The fraction of sp³-hybridized carbons (Fsp3) is 0.467. The van der Waals surface area contributed by atoms with Crippen LogP contribution in [0.15, 0.2) is 9.42 Å². The van der Waals surface area contributed by atoms with Gasteiger partial charge in [0, 0.05) is 4.88 Å². The molecular weight excluding hydrogens is 350 g/mol. The largest absolute Gasteiger partial charge is 0.365 e. The van der Waals surface area contributed by atoms with E-state index in [1.54, 1.807) is 6.92 Å². The number of anilines is 1. The van der Waals surface area contributed by atoms with Crippen molar-refractivity contribution in [3.63, 3.8) is 0 Å². The first-order chi connectivity index (χ1) is 11.2. The Bertz CT molecular complexity index is 892. The number of nitrogens with zero attached hydrogens (tertiary/aromatic N) is 1. The zero-order valence-corrected chi connectivity index (χ0v) is 15.3. The van der Waals surface area contributed by atoms with Crippen LogP contribution in [0, 0.1) is 19.8 Å². The molecule has 9 heteroatoms. The molecule has 1 aliphatic rings. The Hall–Kier alpha value is -1.87. The van der Waals surface area contributed by atoms with Gasteiger partial charge >= 0.3 is 0 Å². The molecule has 2 aromatic rings. The van der Waals surface area contributed by atoms with Gasteiger partial charge in [-0.25, -0.2) is 8.42 Å². The van der Waals surface area contributed by atoms with Gasteiger partial charge < -0.3 is 10.3 Å². The summed E-state index contributed by atoms with van der Waals surface area (Å²) in [5.41, 5.74) is 6.96. The number of fused-ring (bicyclic) bond motifs is 1. The zero-order chi connectivity index (χ0) is 17.6. The second-order valence-corrected chi connectivity index (χ2v) is 8.90. The van der Waals surface area contributed by atoms with Crippen molar-refractivity contribution in [3.8, 4) is 0 Å². The molecule has 3 rings (SSSR count). The first-order valence-electron chi connectivity index (χ1n) is 7.60. The minimum absolute atomic E-state index is 0.00217. The van der Waals surface area contributed by atoms with Crippen molar-refractivity contribution < 1.29 is 17.7 Å². The van der Waals surface area contributed by atoms with Gasteiger partial charge in [-0.3, -0.25) is 9.52 Å². The van der Waals surface area contributed by atoms with Crippen LogP contribution in [0.2, 0.25) is 0 Å². The summed E-state index contributed by atoms with van der Waals surface area (Å²) in [5.74, 6) is 0.0954. The molecule has 0 spiro atoms. The maximum absolute atomic E-state index is 12.7. The molecular formula is C15H19N3O4S2. The summed E-state index contributed by atoms with van der Waals surface area (Å²) in [6.45, 7) is 5.23. The second-order valence-electron chi connectivity index (χ2n) is 6.18. The molecule has 24 heavy (non-hydrogen) atoms. The van der Waals surface area contributed by atoms with Crippen molar-refractivity contribution in [2.75, 3.05) is 4.72 Å². The molecule has 0 aromatic carbocycles. The summed E-state index contributed by atoms with van der Waals surface area (Å²) >= 11 is 1.29. The maximum Gasteiger partial charge on any atom is 0.267 e. The van der Waals surface area contributed by atoms with E-state index in [1.807, 2.05) is 0 Å². The highest BCUT2D eigenvalue weighted by atomic mass is 32.2. The van der Waals surface area contributed by atoms with E-state index in [2.05, 4.69) is 16.8 Å². The molecule has 3 N–H and O–H groups in total. The fourth-order valence-corrected chi connectivity index (χ4v) is 6.17. The number of sulfonamides is 1. The summed E-state index contributed by atoms with van der Waals surface area (Å²) in [7, 11) is -3.90.